The minimum absolute atomic E-state index is 0.0715. The van der Waals surface area contributed by atoms with Crippen molar-refractivity contribution in [3.8, 4) is 0 Å². The summed E-state index contributed by atoms with van der Waals surface area (Å²) in [6, 6.07) is 0. The van der Waals surface area contributed by atoms with Gasteiger partial charge in [-0.15, -0.1) is 0 Å². The molecule has 4 heteroatoms. The molecule has 0 amide bonds. The molecule has 19 heavy (non-hydrogen) atoms. The summed E-state index contributed by atoms with van der Waals surface area (Å²) in [7, 11) is 0. The monoisotopic (exact) mass is 268 g/mol. The third-order valence-corrected chi connectivity index (χ3v) is 4.90. The van der Waals surface area contributed by atoms with Gasteiger partial charge in [-0.2, -0.15) is 0 Å². The molecule has 1 aliphatic rings. The molecule has 2 atom stereocenters. The predicted molar refractivity (Wildman–Crippen MR) is 67.7 cm³/mol. The van der Waals surface area contributed by atoms with Crippen molar-refractivity contribution in [2.45, 2.75) is 65.2 Å². The van der Waals surface area contributed by atoms with Crippen molar-refractivity contribution in [1.82, 2.24) is 0 Å². The molecule has 1 rings (SSSR count). The normalized spacial score (nSPS) is 21.6. The molecule has 0 N–H and O–H groups in total. The summed E-state index contributed by atoms with van der Waals surface area (Å²) in [6.45, 7) is 3.94. The summed E-state index contributed by atoms with van der Waals surface area (Å²) in [5.74, 6) is -1.51. The first-order valence-corrected chi connectivity index (χ1v) is 7.25. The average molecular weight is 268 g/mol. The highest BCUT2D eigenvalue weighted by molar-refractivity contribution is 5.66. The van der Waals surface area contributed by atoms with Crippen LogP contribution in [0.25, 0.3) is 0 Å². The average Bonchev–Trinajstić information content (AvgIpc) is 2.36. The molecular formula is C15H24O4-2. The molecule has 0 aromatic carbocycles. The van der Waals surface area contributed by atoms with Gasteiger partial charge in [0.25, 0.3) is 0 Å². The van der Waals surface area contributed by atoms with Crippen molar-refractivity contribution in [2.24, 2.45) is 17.3 Å². The van der Waals surface area contributed by atoms with Crippen LogP contribution in [0.15, 0.2) is 0 Å². The van der Waals surface area contributed by atoms with Gasteiger partial charge < -0.3 is 19.8 Å². The van der Waals surface area contributed by atoms with E-state index in [4.69, 9.17) is 0 Å². The Morgan fingerprint density at radius 3 is 2.21 bits per heavy atom. The standard InChI is InChI=1S/C15H26O4/c1-11(12-6-4-3-5-7-12)15(2,10-14(18)19)9-8-13(16)17/h11-12H,3-10H2,1-2H3,(H,16,17)(H,18,19)/p-2/t11-,15-/m1/s1. The number of carbonyl (C=O) groups excluding carboxylic acids is 2. The van der Waals surface area contributed by atoms with Gasteiger partial charge in [-0.3, -0.25) is 0 Å². The minimum Gasteiger partial charge on any atom is -0.550 e. The predicted octanol–water partition coefficient (Wildman–Crippen LogP) is 0.879. The summed E-state index contributed by atoms with van der Waals surface area (Å²) >= 11 is 0. The molecule has 0 saturated heterocycles. The van der Waals surface area contributed by atoms with E-state index in [9.17, 15) is 19.8 Å². The van der Waals surface area contributed by atoms with Crippen LogP contribution in [0, 0.1) is 17.3 Å². The zero-order chi connectivity index (χ0) is 14.5. The highest BCUT2D eigenvalue weighted by atomic mass is 16.4. The van der Waals surface area contributed by atoms with Crippen LogP contribution in [0.3, 0.4) is 0 Å². The van der Waals surface area contributed by atoms with Crippen LogP contribution in [0.5, 0.6) is 0 Å². The summed E-state index contributed by atoms with van der Waals surface area (Å²) < 4.78 is 0. The second-order valence-corrected chi connectivity index (χ2v) is 6.26. The highest BCUT2D eigenvalue weighted by Crippen LogP contribution is 2.44. The molecule has 0 aliphatic heterocycles. The van der Waals surface area contributed by atoms with E-state index in [0.29, 0.717) is 12.3 Å². The second-order valence-electron chi connectivity index (χ2n) is 6.26. The van der Waals surface area contributed by atoms with Gasteiger partial charge >= 0.3 is 0 Å². The maximum Gasteiger partial charge on any atom is 0.0419 e. The van der Waals surface area contributed by atoms with Crippen LogP contribution in [0.4, 0.5) is 0 Å². The van der Waals surface area contributed by atoms with Crippen molar-refractivity contribution < 1.29 is 19.8 Å². The Hall–Kier alpha value is -1.06. The number of carbonyl (C=O) groups is 2. The zero-order valence-electron chi connectivity index (χ0n) is 11.9. The molecule has 4 nitrogen and oxygen atoms in total. The molecule has 0 unspecified atom stereocenters. The van der Waals surface area contributed by atoms with Crippen molar-refractivity contribution in [3.05, 3.63) is 0 Å². The maximum atomic E-state index is 11.0. The molecule has 0 radical (unpaired) electrons. The molecule has 1 saturated carbocycles. The summed E-state index contributed by atoms with van der Waals surface area (Å²) in [4.78, 5) is 21.6. The van der Waals surface area contributed by atoms with Crippen molar-refractivity contribution in [1.29, 1.82) is 0 Å². The van der Waals surface area contributed by atoms with E-state index in [1.54, 1.807) is 0 Å². The minimum atomic E-state index is -1.11. The number of hydrogen-bond acceptors (Lipinski definition) is 4. The van der Waals surface area contributed by atoms with Gasteiger partial charge in [0.1, 0.15) is 0 Å². The Morgan fingerprint density at radius 2 is 1.74 bits per heavy atom. The summed E-state index contributed by atoms with van der Waals surface area (Å²) in [5, 5.41) is 21.6. The van der Waals surface area contributed by atoms with Crippen LogP contribution >= 0.6 is 0 Å². The molecule has 0 aromatic rings. The molecule has 0 aromatic heterocycles. The van der Waals surface area contributed by atoms with E-state index in [2.05, 4.69) is 6.92 Å². The van der Waals surface area contributed by atoms with Crippen molar-refractivity contribution >= 4 is 11.9 Å². The summed E-state index contributed by atoms with van der Waals surface area (Å²) in [6.07, 6.45) is 6.07. The Bertz CT molecular complexity index is 320. The maximum absolute atomic E-state index is 11.0. The Morgan fingerprint density at radius 1 is 1.16 bits per heavy atom. The van der Waals surface area contributed by atoms with E-state index in [0.717, 1.165) is 12.8 Å². The van der Waals surface area contributed by atoms with Crippen LogP contribution in [-0.4, -0.2) is 11.9 Å². The molecule has 0 heterocycles. The van der Waals surface area contributed by atoms with Gasteiger partial charge in [-0.05, 0) is 36.5 Å². The van der Waals surface area contributed by atoms with Crippen molar-refractivity contribution in [3.63, 3.8) is 0 Å². The number of aliphatic carboxylic acids is 2. The lowest BCUT2D eigenvalue weighted by atomic mass is 9.64. The Balaban J connectivity index is 2.74. The largest absolute Gasteiger partial charge is 0.550 e. The van der Waals surface area contributed by atoms with Gasteiger partial charge in [-0.1, -0.05) is 46.0 Å². The smallest absolute Gasteiger partial charge is 0.0419 e. The SMILES string of the molecule is C[C@H](C1CCCCC1)[C@](C)(CCC(=O)[O-])CC(=O)[O-]. The first kappa shape index (κ1) is 16.0. The van der Waals surface area contributed by atoms with Crippen LogP contribution in [0.1, 0.15) is 65.2 Å². The lowest BCUT2D eigenvalue weighted by Gasteiger charge is -2.42. The number of carboxylic acids is 2. The van der Waals surface area contributed by atoms with E-state index < -0.39 is 17.4 Å². The zero-order valence-corrected chi connectivity index (χ0v) is 11.9. The fraction of sp³-hybridized carbons (Fsp3) is 0.867. The number of hydrogen-bond donors (Lipinski definition) is 0. The lowest BCUT2D eigenvalue weighted by Crippen LogP contribution is -2.39. The first-order valence-electron chi connectivity index (χ1n) is 7.25. The van der Waals surface area contributed by atoms with Gasteiger partial charge in [0.2, 0.25) is 0 Å². The van der Waals surface area contributed by atoms with E-state index in [1.807, 2.05) is 6.92 Å². The highest BCUT2D eigenvalue weighted by Gasteiger charge is 2.36. The van der Waals surface area contributed by atoms with E-state index >= 15 is 0 Å². The first-order chi connectivity index (χ1) is 8.85. The van der Waals surface area contributed by atoms with Gasteiger partial charge in [0.05, 0.1) is 0 Å². The number of carboxylic acid groups (broad SMARTS) is 2. The molecule has 110 valence electrons. The lowest BCUT2D eigenvalue weighted by molar-refractivity contribution is -0.311. The Labute approximate surface area is 115 Å². The third kappa shape index (κ3) is 4.84. The molecule has 1 fully saturated rings. The fourth-order valence-electron chi connectivity index (χ4n) is 3.40. The summed E-state index contributed by atoms with van der Waals surface area (Å²) in [5.41, 5.74) is -0.513. The van der Waals surface area contributed by atoms with E-state index in [-0.39, 0.29) is 18.8 Å². The molecular weight excluding hydrogens is 244 g/mol. The molecule has 0 spiro atoms. The third-order valence-electron chi connectivity index (χ3n) is 4.90. The molecule has 0 bridgehead atoms. The molecule has 1 aliphatic carbocycles. The second kappa shape index (κ2) is 6.92. The van der Waals surface area contributed by atoms with Crippen LogP contribution in [0.2, 0.25) is 0 Å². The van der Waals surface area contributed by atoms with Crippen LogP contribution < -0.4 is 10.2 Å². The quantitative estimate of drug-likeness (QED) is 0.686. The van der Waals surface area contributed by atoms with E-state index in [1.165, 1.54) is 19.3 Å². The number of rotatable bonds is 7. The van der Waals surface area contributed by atoms with Crippen molar-refractivity contribution in [2.75, 3.05) is 0 Å². The van der Waals surface area contributed by atoms with Gasteiger partial charge in [0, 0.05) is 11.9 Å². The topological polar surface area (TPSA) is 80.3 Å². The van der Waals surface area contributed by atoms with Gasteiger partial charge in [-0.25, -0.2) is 0 Å². The van der Waals surface area contributed by atoms with Gasteiger partial charge in [0.15, 0.2) is 0 Å². The Kier molecular flexibility index (Phi) is 5.83. The van der Waals surface area contributed by atoms with Crippen LogP contribution in [-0.2, 0) is 9.59 Å². The fourth-order valence-corrected chi connectivity index (χ4v) is 3.40.